The molecule has 18 heavy (non-hydrogen) atoms. The number of ether oxygens (including phenoxy) is 1. The van der Waals surface area contributed by atoms with E-state index in [2.05, 4.69) is 10.2 Å². The van der Waals surface area contributed by atoms with Crippen molar-refractivity contribution in [1.29, 1.82) is 0 Å². The number of benzene rings is 1. The first-order valence-electron chi connectivity index (χ1n) is 6.05. The van der Waals surface area contributed by atoms with Crippen LogP contribution in [-0.4, -0.2) is 28.0 Å². The first-order valence-corrected chi connectivity index (χ1v) is 6.05. The van der Waals surface area contributed by atoms with Crippen LogP contribution in [0.25, 0.3) is 5.69 Å². The highest BCUT2D eigenvalue weighted by atomic mass is 16.5. The molecular formula is C13H16N4O. The lowest BCUT2D eigenvalue weighted by atomic mass is 9.99. The summed E-state index contributed by atoms with van der Waals surface area (Å²) in [6.07, 6.45) is 0.776. The van der Waals surface area contributed by atoms with Crippen molar-refractivity contribution >= 4 is 0 Å². The first-order chi connectivity index (χ1) is 8.71. The van der Waals surface area contributed by atoms with Gasteiger partial charge in [-0.2, -0.15) is 0 Å². The highest BCUT2D eigenvalue weighted by Crippen LogP contribution is 2.28. The lowest BCUT2D eigenvalue weighted by molar-refractivity contribution is 0.176. The van der Waals surface area contributed by atoms with Gasteiger partial charge in [-0.25, -0.2) is 0 Å². The normalized spacial score (nSPS) is 23.4. The Hall–Kier alpha value is -1.72. The van der Waals surface area contributed by atoms with E-state index < -0.39 is 5.54 Å². The standard InChI is InChI=1S/C13H16N4O/c1-10-15-16-12(13(14)7-8-18-9-13)17(10)11-5-3-2-4-6-11/h2-6H,7-9,14H2,1H3. The van der Waals surface area contributed by atoms with E-state index in [-0.39, 0.29) is 0 Å². The van der Waals surface area contributed by atoms with Crippen LogP contribution >= 0.6 is 0 Å². The van der Waals surface area contributed by atoms with Crippen LogP contribution in [-0.2, 0) is 10.3 Å². The third kappa shape index (κ3) is 1.72. The van der Waals surface area contributed by atoms with Gasteiger partial charge in [-0.05, 0) is 25.5 Å². The molecule has 1 aromatic carbocycles. The largest absolute Gasteiger partial charge is 0.379 e. The number of rotatable bonds is 2. The van der Waals surface area contributed by atoms with E-state index in [1.165, 1.54) is 0 Å². The van der Waals surface area contributed by atoms with Crippen molar-refractivity contribution in [3.63, 3.8) is 0 Å². The Bertz CT molecular complexity index is 543. The summed E-state index contributed by atoms with van der Waals surface area (Å²) in [5.41, 5.74) is 6.89. The summed E-state index contributed by atoms with van der Waals surface area (Å²) in [5, 5.41) is 8.41. The van der Waals surface area contributed by atoms with Crippen LogP contribution in [0.1, 0.15) is 18.1 Å². The van der Waals surface area contributed by atoms with E-state index in [9.17, 15) is 0 Å². The number of hydrogen-bond acceptors (Lipinski definition) is 4. The smallest absolute Gasteiger partial charge is 0.160 e. The number of aryl methyl sites for hydroxylation is 1. The average molecular weight is 244 g/mol. The van der Waals surface area contributed by atoms with Crippen LogP contribution in [0.4, 0.5) is 0 Å². The molecule has 1 aliphatic heterocycles. The van der Waals surface area contributed by atoms with Crippen LogP contribution in [0.2, 0.25) is 0 Å². The average Bonchev–Trinajstić information content (AvgIpc) is 2.98. The third-order valence-corrected chi connectivity index (χ3v) is 3.34. The van der Waals surface area contributed by atoms with Gasteiger partial charge in [0.1, 0.15) is 11.4 Å². The minimum absolute atomic E-state index is 0.498. The van der Waals surface area contributed by atoms with Crippen molar-refractivity contribution in [2.45, 2.75) is 18.9 Å². The fourth-order valence-electron chi connectivity index (χ4n) is 2.33. The van der Waals surface area contributed by atoms with Crippen molar-refractivity contribution in [3.05, 3.63) is 42.0 Å². The topological polar surface area (TPSA) is 66.0 Å². The molecule has 0 spiro atoms. The number of nitrogens with zero attached hydrogens (tertiary/aromatic N) is 3. The Labute approximate surface area is 106 Å². The van der Waals surface area contributed by atoms with Crippen molar-refractivity contribution in [2.75, 3.05) is 13.2 Å². The summed E-state index contributed by atoms with van der Waals surface area (Å²) in [7, 11) is 0. The van der Waals surface area contributed by atoms with Gasteiger partial charge < -0.3 is 10.5 Å². The maximum Gasteiger partial charge on any atom is 0.160 e. The second kappa shape index (κ2) is 4.19. The second-order valence-corrected chi connectivity index (χ2v) is 4.70. The maximum absolute atomic E-state index is 6.38. The molecule has 1 fully saturated rings. The molecule has 1 aliphatic rings. The molecule has 0 saturated carbocycles. The van der Waals surface area contributed by atoms with E-state index >= 15 is 0 Å². The van der Waals surface area contributed by atoms with Gasteiger partial charge in [-0.3, -0.25) is 4.57 Å². The zero-order valence-electron chi connectivity index (χ0n) is 10.3. The Morgan fingerprint density at radius 3 is 2.72 bits per heavy atom. The minimum Gasteiger partial charge on any atom is -0.379 e. The van der Waals surface area contributed by atoms with Crippen molar-refractivity contribution in [1.82, 2.24) is 14.8 Å². The Morgan fingerprint density at radius 1 is 1.28 bits per heavy atom. The highest BCUT2D eigenvalue weighted by molar-refractivity contribution is 5.35. The summed E-state index contributed by atoms with van der Waals surface area (Å²) in [5.74, 6) is 1.62. The molecule has 0 radical (unpaired) electrons. The van der Waals surface area contributed by atoms with Crippen molar-refractivity contribution < 1.29 is 4.74 Å². The summed E-state index contributed by atoms with van der Waals surface area (Å²) < 4.78 is 7.42. The number of para-hydroxylation sites is 1. The van der Waals surface area contributed by atoms with Crippen LogP contribution in [0.3, 0.4) is 0 Å². The van der Waals surface area contributed by atoms with Crippen LogP contribution in [0, 0.1) is 6.92 Å². The van der Waals surface area contributed by atoms with E-state index in [0.29, 0.717) is 13.2 Å². The summed E-state index contributed by atoms with van der Waals surface area (Å²) >= 11 is 0. The molecule has 1 unspecified atom stereocenters. The molecule has 0 bridgehead atoms. The number of aromatic nitrogens is 3. The molecule has 3 rings (SSSR count). The molecule has 2 N–H and O–H groups in total. The zero-order valence-corrected chi connectivity index (χ0v) is 10.3. The van der Waals surface area contributed by atoms with Gasteiger partial charge in [0.25, 0.3) is 0 Å². The molecule has 0 amide bonds. The van der Waals surface area contributed by atoms with Gasteiger partial charge in [-0.1, -0.05) is 18.2 Å². The second-order valence-electron chi connectivity index (χ2n) is 4.70. The monoisotopic (exact) mass is 244 g/mol. The SMILES string of the molecule is Cc1nnc(C2(N)CCOC2)n1-c1ccccc1. The van der Waals surface area contributed by atoms with Gasteiger partial charge in [-0.15, -0.1) is 10.2 Å². The quantitative estimate of drug-likeness (QED) is 0.860. The van der Waals surface area contributed by atoms with E-state index in [0.717, 1.165) is 23.8 Å². The third-order valence-electron chi connectivity index (χ3n) is 3.34. The van der Waals surface area contributed by atoms with Gasteiger partial charge in [0.05, 0.1) is 6.61 Å². The van der Waals surface area contributed by atoms with E-state index in [1.54, 1.807) is 0 Å². The highest BCUT2D eigenvalue weighted by Gasteiger charge is 2.37. The molecule has 5 nitrogen and oxygen atoms in total. The van der Waals surface area contributed by atoms with Crippen LogP contribution in [0.15, 0.2) is 30.3 Å². The Balaban J connectivity index is 2.12. The number of hydrogen-bond donors (Lipinski definition) is 1. The zero-order chi connectivity index (χ0) is 12.6. The van der Waals surface area contributed by atoms with E-state index in [1.807, 2.05) is 41.8 Å². The molecule has 94 valence electrons. The number of nitrogens with two attached hydrogens (primary N) is 1. The molecule has 0 aliphatic carbocycles. The lowest BCUT2D eigenvalue weighted by Crippen LogP contribution is -2.40. The lowest BCUT2D eigenvalue weighted by Gasteiger charge is -2.22. The molecule has 1 saturated heterocycles. The Kier molecular flexibility index (Phi) is 2.65. The molecular weight excluding hydrogens is 228 g/mol. The fourth-order valence-corrected chi connectivity index (χ4v) is 2.33. The predicted octanol–water partition coefficient (Wildman–Crippen LogP) is 1.15. The molecule has 1 atom stereocenters. The molecule has 2 aromatic rings. The molecule has 5 heteroatoms. The van der Waals surface area contributed by atoms with Crippen molar-refractivity contribution in [2.24, 2.45) is 5.73 Å². The molecule has 1 aromatic heterocycles. The maximum atomic E-state index is 6.38. The van der Waals surface area contributed by atoms with Gasteiger partial charge in [0.15, 0.2) is 5.82 Å². The summed E-state index contributed by atoms with van der Waals surface area (Å²) in [4.78, 5) is 0. The summed E-state index contributed by atoms with van der Waals surface area (Å²) in [6, 6.07) is 10.0. The van der Waals surface area contributed by atoms with E-state index in [4.69, 9.17) is 10.5 Å². The van der Waals surface area contributed by atoms with Crippen molar-refractivity contribution in [3.8, 4) is 5.69 Å². The van der Waals surface area contributed by atoms with Gasteiger partial charge >= 0.3 is 0 Å². The van der Waals surface area contributed by atoms with Crippen LogP contribution < -0.4 is 5.73 Å². The van der Waals surface area contributed by atoms with Gasteiger partial charge in [0, 0.05) is 12.3 Å². The Morgan fingerprint density at radius 2 is 2.06 bits per heavy atom. The summed E-state index contributed by atoms with van der Waals surface area (Å²) in [6.45, 7) is 3.11. The molecule has 2 heterocycles. The minimum atomic E-state index is -0.531. The van der Waals surface area contributed by atoms with Gasteiger partial charge in [0.2, 0.25) is 0 Å². The fraction of sp³-hybridized carbons (Fsp3) is 0.385. The predicted molar refractivity (Wildman–Crippen MR) is 67.4 cm³/mol. The first kappa shape index (κ1) is 11.4. The van der Waals surface area contributed by atoms with Crippen LogP contribution in [0.5, 0.6) is 0 Å².